The van der Waals surface area contributed by atoms with Crippen molar-refractivity contribution in [1.29, 1.82) is 0 Å². The number of nitrogens with one attached hydrogen (secondary N) is 2. The van der Waals surface area contributed by atoms with Gasteiger partial charge < -0.3 is 19.9 Å². The van der Waals surface area contributed by atoms with E-state index < -0.39 is 0 Å². The Labute approximate surface area is 175 Å². The van der Waals surface area contributed by atoms with Crippen molar-refractivity contribution in [2.75, 3.05) is 10.6 Å². The van der Waals surface area contributed by atoms with Crippen LogP contribution in [0.4, 0.5) is 11.4 Å². The van der Waals surface area contributed by atoms with Crippen molar-refractivity contribution in [1.82, 2.24) is 5.16 Å². The number of ether oxygens (including phenoxy) is 1. The molecule has 0 atom stereocenters. The lowest BCUT2D eigenvalue weighted by Crippen LogP contribution is -2.15. The Morgan fingerprint density at radius 2 is 1.67 bits per heavy atom. The summed E-state index contributed by atoms with van der Waals surface area (Å²) in [5, 5.41) is 9.54. The van der Waals surface area contributed by atoms with E-state index in [4.69, 9.17) is 9.26 Å². The number of carbonyl (C=O) groups excluding carboxylic acids is 2. The highest BCUT2D eigenvalue weighted by atomic mass is 16.5. The van der Waals surface area contributed by atoms with Crippen LogP contribution in [0.5, 0.6) is 5.75 Å². The zero-order chi connectivity index (χ0) is 21.5. The van der Waals surface area contributed by atoms with E-state index in [0.29, 0.717) is 30.2 Å². The van der Waals surface area contributed by atoms with Crippen molar-refractivity contribution in [2.45, 2.75) is 40.2 Å². The van der Waals surface area contributed by atoms with Gasteiger partial charge in [-0.15, -0.1) is 0 Å². The van der Waals surface area contributed by atoms with E-state index in [1.54, 1.807) is 31.2 Å². The lowest BCUT2D eigenvalue weighted by molar-refractivity contribution is -0.116. The predicted molar refractivity (Wildman–Crippen MR) is 114 cm³/mol. The van der Waals surface area contributed by atoms with Gasteiger partial charge in [0.25, 0.3) is 0 Å². The molecule has 1 heterocycles. The van der Waals surface area contributed by atoms with Gasteiger partial charge in [0.2, 0.25) is 11.8 Å². The average molecular weight is 407 g/mol. The fourth-order valence-corrected chi connectivity index (χ4v) is 2.88. The molecule has 0 saturated heterocycles. The van der Waals surface area contributed by atoms with Gasteiger partial charge in [-0.05, 0) is 49.7 Å². The van der Waals surface area contributed by atoms with E-state index in [1.165, 1.54) is 0 Å². The number of carbonyl (C=O) groups is 2. The molecule has 0 spiro atoms. The van der Waals surface area contributed by atoms with E-state index in [2.05, 4.69) is 15.8 Å². The van der Waals surface area contributed by atoms with Crippen molar-refractivity contribution in [3.8, 4) is 5.75 Å². The summed E-state index contributed by atoms with van der Waals surface area (Å²) in [5.41, 5.74) is 3.91. The van der Waals surface area contributed by atoms with Crippen molar-refractivity contribution < 1.29 is 18.8 Å². The Morgan fingerprint density at radius 3 is 2.27 bits per heavy atom. The zero-order valence-electron chi connectivity index (χ0n) is 17.3. The Balaban J connectivity index is 1.53. The molecule has 3 aromatic rings. The van der Waals surface area contributed by atoms with Crippen LogP contribution in [0.1, 0.15) is 35.9 Å². The number of nitrogens with zero attached hydrogens (tertiary/aromatic N) is 1. The first-order valence-corrected chi connectivity index (χ1v) is 9.78. The number of amides is 2. The van der Waals surface area contributed by atoms with E-state index >= 15 is 0 Å². The number of hydrogen-bond acceptors (Lipinski definition) is 5. The molecule has 30 heavy (non-hydrogen) atoms. The van der Waals surface area contributed by atoms with E-state index in [1.807, 2.05) is 38.1 Å². The summed E-state index contributed by atoms with van der Waals surface area (Å²) in [7, 11) is 0. The molecule has 0 aliphatic rings. The molecule has 2 N–H and O–H groups in total. The van der Waals surface area contributed by atoms with E-state index in [0.717, 1.165) is 22.6 Å². The van der Waals surface area contributed by atoms with Crippen LogP contribution in [-0.4, -0.2) is 17.0 Å². The number of hydrogen-bond donors (Lipinski definition) is 2. The molecular weight excluding hydrogens is 382 g/mol. The minimum absolute atomic E-state index is 0.0739. The van der Waals surface area contributed by atoms with Gasteiger partial charge in [-0.25, -0.2) is 0 Å². The molecule has 1 aromatic heterocycles. The maximum atomic E-state index is 12.4. The van der Waals surface area contributed by atoms with Crippen LogP contribution in [0.3, 0.4) is 0 Å². The molecule has 0 aliphatic carbocycles. The molecule has 0 unspecified atom stereocenters. The van der Waals surface area contributed by atoms with Crippen LogP contribution in [-0.2, 0) is 22.6 Å². The SMILES string of the molecule is CCC(=O)Nc1cccc(NC(=O)Cc2ccc(OCc3c(C)noc3C)cc2)c1. The van der Waals surface area contributed by atoms with E-state index in [-0.39, 0.29) is 18.2 Å². The molecule has 2 amide bonds. The average Bonchev–Trinajstić information content (AvgIpc) is 3.05. The largest absolute Gasteiger partial charge is 0.489 e. The highest BCUT2D eigenvalue weighted by molar-refractivity contribution is 5.94. The van der Waals surface area contributed by atoms with Gasteiger partial charge in [-0.3, -0.25) is 9.59 Å². The number of aromatic nitrogens is 1. The Morgan fingerprint density at radius 1 is 1.00 bits per heavy atom. The Bertz CT molecular complexity index is 1010. The number of rotatable bonds is 8. The third kappa shape index (κ3) is 5.70. The molecule has 0 radical (unpaired) electrons. The quantitative estimate of drug-likeness (QED) is 0.577. The molecule has 2 aromatic carbocycles. The highest BCUT2D eigenvalue weighted by Gasteiger charge is 2.10. The van der Waals surface area contributed by atoms with Crippen LogP contribution in [0.2, 0.25) is 0 Å². The summed E-state index contributed by atoms with van der Waals surface area (Å²) in [6.07, 6.45) is 0.629. The summed E-state index contributed by atoms with van der Waals surface area (Å²) in [4.78, 5) is 23.9. The number of anilines is 2. The molecule has 156 valence electrons. The van der Waals surface area contributed by atoms with Crippen LogP contribution >= 0.6 is 0 Å². The van der Waals surface area contributed by atoms with Gasteiger partial charge in [0, 0.05) is 17.8 Å². The van der Waals surface area contributed by atoms with Crippen molar-refractivity contribution in [2.24, 2.45) is 0 Å². The third-order valence-electron chi connectivity index (χ3n) is 4.60. The van der Waals surface area contributed by atoms with Gasteiger partial charge in [0.15, 0.2) is 0 Å². The summed E-state index contributed by atoms with van der Waals surface area (Å²) >= 11 is 0. The smallest absolute Gasteiger partial charge is 0.228 e. The van der Waals surface area contributed by atoms with Crippen LogP contribution < -0.4 is 15.4 Å². The molecule has 0 aliphatic heterocycles. The first-order chi connectivity index (χ1) is 14.4. The number of aryl methyl sites for hydroxylation is 2. The first kappa shape index (κ1) is 21.1. The molecule has 3 rings (SSSR count). The van der Waals surface area contributed by atoms with Gasteiger partial charge >= 0.3 is 0 Å². The lowest BCUT2D eigenvalue weighted by atomic mass is 10.1. The fraction of sp³-hybridized carbons (Fsp3) is 0.261. The fourth-order valence-electron chi connectivity index (χ4n) is 2.88. The van der Waals surface area contributed by atoms with Gasteiger partial charge in [-0.2, -0.15) is 0 Å². The molecular formula is C23H25N3O4. The van der Waals surface area contributed by atoms with Gasteiger partial charge in [-0.1, -0.05) is 30.3 Å². The van der Waals surface area contributed by atoms with Crippen molar-refractivity contribution in [3.05, 3.63) is 71.1 Å². The second kappa shape index (κ2) is 9.73. The lowest BCUT2D eigenvalue weighted by Gasteiger charge is -2.09. The summed E-state index contributed by atoms with van der Waals surface area (Å²) < 4.78 is 10.9. The monoisotopic (exact) mass is 407 g/mol. The van der Waals surface area contributed by atoms with Crippen LogP contribution in [0.15, 0.2) is 53.1 Å². The minimum Gasteiger partial charge on any atom is -0.489 e. The second-order valence-corrected chi connectivity index (χ2v) is 6.94. The standard InChI is InChI=1S/C23H25N3O4/c1-4-22(27)24-18-6-5-7-19(13-18)25-23(28)12-17-8-10-20(11-9-17)29-14-21-15(2)26-30-16(21)3/h5-11,13H,4,12,14H2,1-3H3,(H,24,27)(H,25,28). The molecule has 0 saturated carbocycles. The Kier molecular flexibility index (Phi) is 6.85. The highest BCUT2D eigenvalue weighted by Crippen LogP contribution is 2.19. The molecule has 0 fully saturated rings. The van der Waals surface area contributed by atoms with E-state index in [9.17, 15) is 9.59 Å². The molecule has 7 heteroatoms. The van der Waals surface area contributed by atoms with Gasteiger partial charge in [0.1, 0.15) is 18.1 Å². The van der Waals surface area contributed by atoms with Crippen molar-refractivity contribution >= 4 is 23.2 Å². The topological polar surface area (TPSA) is 93.5 Å². The molecule has 0 bridgehead atoms. The van der Waals surface area contributed by atoms with Crippen LogP contribution in [0, 0.1) is 13.8 Å². The first-order valence-electron chi connectivity index (χ1n) is 9.78. The maximum Gasteiger partial charge on any atom is 0.228 e. The third-order valence-corrected chi connectivity index (χ3v) is 4.60. The van der Waals surface area contributed by atoms with Gasteiger partial charge in [0.05, 0.1) is 17.7 Å². The summed E-state index contributed by atoms with van der Waals surface area (Å²) in [6, 6.07) is 14.5. The van der Waals surface area contributed by atoms with Crippen molar-refractivity contribution in [3.63, 3.8) is 0 Å². The zero-order valence-corrected chi connectivity index (χ0v) is 17.3. The maximum absolute atomic E-state index is 12.4. The second-order valence-electron chi connectivity index (χ2n) is 6.94. The number of benzene rings is 2. The summed E-state index contributed by atoms with van der Waals surface area (Å²) in [5.74, 6) is 1.24. The summed E-state index contributed by atoms with van der Waals surface area (Å²) in [6.45, 7) is 5.90. The normalized spacial score (nSPS) is 10.5. The predicted octanol–water partition coefficient (Wildman–Crippen LogP) is 4.40. The minimum atomic E-state index is -0.140. The van der Waals surface area contributed by atoms with Crippen LogP contribution in [0.25, 0.3) is 0 Å². The Hall–Kier alpha value is -3.61. The molecule has 7 nitrogen and oxygen atoms in total.